The molecule has 0 aliphatic rings. The van der Waals surface area contributed by atoms with Crippen molar-refractivity contribution in [2.45, 2.75) is 6.54 Å². The number of hydrogen-bond donors (Lipinski definition) is 1. The van der Waals surface area contributed by atoms with Crippen LogP contribution in [0.15, 0.2) is 66.7 Å². The Morgan fingerprint density at radius 3 is 2.53 bits per heavy atom. The van der Waals surface area contributed by atoms with Crippen molar-refractivity contribution in [3.8, 4) is 0 Å². The number of fused-ring (bicyclic) bond motifs is 1. The fourth-order valence-corrected chi connectivity index (χ4v) is 2.79. The third-order valence-corrected chi connectivity index (χ3v) is 3.86. The van der Waals surface area contributed by atoms with Crippen molar-refractivity contribution in [3.63, 3.8) is 0 Å². The van der Waals surface area contributed by atoms with Gasteiger partial charge in [0, 0.05) is 15.8 Å². The van der Waals surface area contributed by atoms with E-state index < -0.39 is 0 Å². The van der Waals surface area contributed by atoms with Crippen molar-refractivity contribution in [3.05, 3.63) is 75.9 Å². The van der Waals surface area contributed by atoms with Gasteiger partial charge < -0.3 is 5.32 Å². The van der Waals surface area contributed by atoms with Crippen LogP contribution < -0.4 is 5.32 Å². The maximum absolute atomic E-state index is 3.49. The highest BCUT2D eigenvalue weighted by molar-refractivity contribution is 14.1. The molecule has 94 valence electrons. The second kappa shape index (κ2) is 5.61. The van der Waals surface area contributed by atoms with Crippen LogP contribution in [-0.4, -0.2) is 0 Å². The predicted octanol–water partition coefficient (Wildman–Crippen LogP) is 5.06. The van der Waals surface area contributed by atoms with Gasteiger partial charge in [-0.3, -0.25) is 0 Å². The van der Waals surface area contributed by atoms with Crippen LogP contribution in [0, 0.1) is 3.57 Å². The second-order valence-electron chi connectivity index (χ2n) is 4.50. The first-order valence-corrected chi connectivity index (χ1v) is 7.37. The summed E-state index contributed by atoms with van der Waals surface area (Å²) in [6.45, 7) is 0.849. The van der Waals surface area contributed by atoms with Crippen LogP contribution in [-0.2, 0) is 6.54 Å². The van der Waals surface area contributed by atoms with Gasteiger partial charge in [0.15, 0.2) is 0 Å². The first-order valence-electron chi connectivity index (χ1n) is 6.29. The van der Waals surface area contributed by atoms with Gasteiger partial charge in [-0.2, -0.15) is 0 Å². The fraction of sp³-hybridized carbons (Fsp3) is 0.0588. The lowest BCUT2D eigenvalue weighted by atomic mass is 10.0. The largest absolute Gasteiger partial charge is 0.381 e. The van der Waals surface area contributed by atoms with Gasteiger partial charge in [-0.1, -0.05) is 48.5 Å². The Labute approximate surface area is 126 Å². The smallest absolute Gasteiger partial charge is 0.0406 e. The normalized spacial score (nSPS) is 10.6. The van der Waals surface area contributed by atoms with Gasteiger partial charge in [0.1, 0.15) is 0 Å². The number of nitrogens with one attached hydrogen (secondary N) is 1. The Balaban J connectivity index is 1.86. The fourth-order valence-electron chi connectivity index (χ4n) is 2.24. The molecular weight excluding hydrogens is 345 g/mol. The van der Waals surface area contributed by atoms with Crippen LogP contribution in [0.3, 0.4) is 0 Å². The highest BCUT2D eigenvalue weighted by atomic mass is 127. The summed E-state index contributed by atoms with van der Waals surface area (Å²) in [6, 6.07) is 23.4. The molecule has 0 amide bonds. The van der Waals surface area contributed by atoms with Gasteiger partial charge in [-0.25, -0.2) is 0 Å². The zero-order valence-electron chi connectivity index (χ0n) is 10.4. The van der Waals surface area contributed by atoms with Gasteiger partial charge >= 0.3 is 0 Å². The number of halogens is 1. The molecule has 0 fully saturated rings. The second-order valence-corrected chi connectivity index (χ2v) is 5.75. The zero-order chi connectivity index (χ0) is 13.1. The van der Waals surface area contributed by atoms with Crippen molar-refractivity contribution >= 4 is 39.1 Å². The van der Waals surface area contributed by atoms with Gasteiger partial charge in [0.25, 0.3) is 0 Å². The molecule has 3 rings (SSSR count). The Hall–Kier alpha value is -1.55. The van der Waals surface area contributed by atoms with E-state index in [0.717, 1.165) is 6.54 Å². The molecule has 1 nitrogen and oxygen atoms in total. The summed E-state index contributed by atoms with van der Waals surface area (Å²) in [5.74, 6) is 0. The third kappa shape index (κ3) is 2.89. The van der Waals surface area contributed by atoms with Crippen LogP contribution >= 0.6 is 22.6 Å². The van der Waals surface area contributed by atoms with Gasteiger partial charge in [-0.05, 0) is 57.1 Å². The molecule has 0 spiro atoms. The molecular formula is C17H14IN. The molecule has 0 aliphatic carbocycles. The highest BCUT2D eigenvalue weighted by Gasteiger charge is 2.00. The molecule has 0 radical (unpaired) electrons. The van der Waals surface area contributed by atoms with E-state index in [4.69, 9.17) is 0 Å². The maximum Gasteiger partial charge on any atom is 0.0406 e. The van der Waals surface area contributed by atoms with E-state index in [-0.39, 0.29) is 0 Å². The first-order chi connectivity index (χ1) is 9.33. The summed E-state index contributed by atoms with van der Waals surface area (Å²) in [5, 5.41) is 6.11. The maximum atomic E-state index is 3.49. The Kier molecular flexibility index (Phi) is 3.69. The van der Waals surface area contributed by atoms with Gasteiger partial charge in [0.2, 0.25) is 0 Å². The average molecular weight is 359 g/mol. The van der Waals surface area contributed by atoms with Crippen molar-refractivity contribution in [1.29, 1.82) is 0 Å². The monoisotopic (exact) mass is 359 g/mol. The minimum absolute atomic E-state index is 0.849. The quantitative estimate of drug-likeness (QED) is 0.645. The molecule has 3 aromatic carbocycles. The van der Waals surface area contributed by atoms with Gasteiger partial charge in [0.05, 0.1) is 0 Å². The van der Waals surface area contributed by atoms with E-state index in [1.165, 1.54) is 25.6 Å². The van der Waals surface area contributed by atoms with E-state index in [1.54, 1.807) is 0 Å². The number of benzene rings is 3. The van der Waals surface area contributed by atoms with E-state index >= 15 is 0 Å². The van der Waals surface area contributed by atoms with E-state index in [2.05, 4.69) is 94.6 Å². The van der Waals surface area contributed by atoms with Crippen molar-refractivity contribution in [2.24, 2.45) is 0 Å². The molecule has 0 unspecified atom stereocenters. The van der Waals surface area contributed by atoms with Crippen molar-refractivity contribution < 1.29 is 0 Å². The van der Waals surface area contributed by atoms with Crippen LogP contribution in [0.4, 0.5) is 5.69 Å². The highest BCUT2D eigenvalue weighted by Crippen LogP contribution is 2.20. The number of rotatable bonds is 3. The third-order valence-electron chi connectivity index (χ3n) is 3.19. The van der Waals surface area contributed by atoms with Crippen LogP contribution in [0.1, 0.15) is 5.56 Å². The summed E-state index contributed by atoms with van der Waals surface area (Å²) < 4.78 is 1.25. The Morgan fingerprint density at radius 2 is 1.63 bits per heavy atom. The predicted molar refractivity (Wildman–Crippen MR) is 90.4 cm³/mol. The summed E-state index contributed by atoms with van der Waals surface area (Å²) in [5.41, 5.74) is 2.50. The minimum atomic E-state index is 0.849. The molecule has 0 aliphatic heterocycles. The van der Waals surface area contributed by atoms with E-state index in [1.807, 2.05) is 0 Å². The molecule has 0 atom stereocenters. The van der Waals surface area contributed by atoms with E-state index in [0.29, 0.717) is 0 Å². The molecule has 0 saturated heterocycles. The standard InChI is InChI=1S/C17H14IN/c18-15-8-4-9-16(11-15)19-12-14-7-3-6-13-5-1-2-10-17(13)14/h1-11,19H,12H2. The van der Waals surface area contributed by atoms with Gasteiger partial charge in [-0.15, -0.1) is 0 Å². The Morgan fingerprint density at radius 1 is 0.842 bits per heavy atom. The van der Waals surface area contributed by atoms with Crippen LogP contribution in [0.5, 0.6) is 0 Å². The Bertz CT molecular complexity index is 701. The number of hydrogen-bond acceptors (Lipinski definition) is 1. The topological polar surface area (TPSA) is 12.0 Å². The number of anilines is 1. The SMILES string of the molecule is Ic1cccc(NCc2cccc3ccccc23)c1. The van der Waals surface area contributed by atoms with Crippen LogP contribution in [0.25, 0.3) is 10.8 Å². The molecule has 2 heteroatoms. The molecule has 3 aromatic rings. The molecule has 0 bridgehead atoms. The molecule has 1 N–H and O–H groups in total. The first kappa shape index (κ1) is 12.5. The lowest BCUT2D eigenvalue weighted by molar-refractivity contribution is 1.17. The molecule has 0 heterocycles. The summed E-state index contributed by atoms with van der Waals surface area (Å²) in [6.07, 6.45) is 0. The van der Waals surface area contributed by atoms with Crippen LogP contribution in [0.2, 0.25) is 0 Å². The van der Waals surface area contributed by atoms with Crippen molar-refractivity contribution in [1.82, 2.24) is 0 Å². The average Bonchev–Trinajstić information content (AvgIpc) is 2.45. The summed E-state index contributed by atoms with van der Waals surface area (Å²) in [7, 11) is 0. The minimum Gasteiger partial charge on any atom is -0.381 e. The molecule has 19 heavy (non-hydrogen) atoms. The van der Waals surface area contributed by atoms with Crippen molar-refractivity contribution in [2.75, 3.05) is 5.32 Å². The zero-order valence-corrected chi connectivity index (χ0v) is 12.6. The molecule has 0 aromatic heterocycles. The van der Waals surface area contributed by atoms with E-state index in [9.17, 15) is 0 Å². The summed E-state index contributed by atoms with van der Waals surface area (Å²) >= 11 is 2.33. The lowest BCUT2D eigenvalue weighted by Gasteiger charge is -2.09. The lowest BCUT2D eigenvalue weighted by Crippen LogP contribution is -2.00. The molecule has 0 saturated carbocycles. The summed E-state index contributed by atoms with van der Waals surface area (Å²) in [4.78, 5) is 0.